The number of hydrogen-bond donors (Lipinski definition) is 2. The molecule has 22 heavy (non-hydrogen) atoms. The lowest BCUT2D eigenvalue weighted by Crippen LogP contribution is -2.35. The predicted octanol–water partition coefficient (Wildman–Crippen LogP) is 3.21. The topological polar surface area (TPSA) is 58.2 Å². The van der Waals surface area contributed by atoms with Gasteiger partial charge < -0.3 is 5.32 Å². The number of sulfonamides is 1. The zero-order valence-electron chi connectivity index (χ0n) is 12.7. The second-order valence-corrected chi connectivity index (χ2v) is 9.11. The molecule has 2 N–H and O–H groups in total. The molecule has 0 amide bonds. The van der Waals surface area contributed by atoms with Crippen LogP contribution in [0.4, 0.5) is 15.8 Å². The van der Waals surface area contributed by atoms with Crippen molar-refractivity contribution in [2.45, 2.75) is 43.9 Å². The molecule has 120 valence electrons. The van der Waals surface area contributed by atoms with Gasteiger partial charge in [0.05, 0.1) is 11.9 Å². The maximum Gasteiger partial charge on any atom is 0.229 e. The lowest BCUT2D eigenvalue weighted by Gasteiger charge is -2.38. The average Bonchev–Trinajstić information content (AvgIpc) is 3.11. The molecule has 0 atom stereocenters. The third kappa shape index (κ3) is 2.19. The van der Waals surface area contributed by atoms with Crippen molar-refractivity contribution in [3.63, 3.8) is 0 Å². The Bertz CT molecular complexity index is 731. The first-order chi connectivity index (χ1) is 10.3. The van der Waals surface area contributed by atoms with Gasteiger partial charge in [0, 0.05) is 23.2 Å². The molecule has 0 saturated heterocycles. The quantitative estimate of drug-likeness (QED) is 0.878. The van der Waals surface area contributed by atoms with Crippen LogP contribution in [0.15, 0.2) is 12.1 Å². The van der Waals surface area contributed by atoms with Gasteiger partial charge in [-0.3, -0.25) is 4.72 Å². The molecule has 2 spiro atoms. The van der Waals surface area contributed by atoms with Crippen molar-refractivity contribution < 1.29 is 12.8 Å². The molecule has 2 saturated carbocycles. The highest BCUT2D eigenvalue weighted by Gasteiger charge is 2.52. The highest BCUT2D eigenvalue weighted by Crippen LogP contribution is 2.62. The first-order valence-electron chi connectivity index (χ1n) is 7.87. The summed E-state index contributed by atoms with van der Waals surface area (Å²) in [5.41, 5.74) is 1.96. The summed E-state index contributed by atoms with van der Waals surface area (Å²) in [6.45, 7) is 0.762. The molecule has 0 aromatic heterocycles. The van der Waals surface area contributed by atoms with Gasteiger partial charge in [0.15, 0.2) is 5.82 Å². The molecule has 2 fully saturated rings. The van der Waals surface area contributed by atoms with Crippen molar-refractivity contribution in [3.8, 4) is 0 Å². The molecular weight excluding hydrogens is 303 g/mol. The summed E-state index contributed by atoms with van der Waals surface area (Å²) in [5.74, 6) is -0.403. The largest absolute Gasteiger partial charge is 0.384 e. The monoisotopic (exact) mass is 324 g/mol. The molecular formula is C16H21FN2O2S. The van der Waals surface area contributed by atoms with Gasteiger partial charge in [-0.25, -0.2) is 12.8 Å². The molecule has 4 nitrogen and oxygen atoms in total. The third-order valence-corrected chi connectivity index (χ3v) is 6.40. The van der Waals surface area contributed by atoms with Gasteiger partial charge in [0.1, 0.15) is 0 Å². The van der Waals surface area contributed by atoms with Gasteiger partial charge in [-0.15, -0.1) is 0 Å². The van der Waals surface area contributed by atoms with Crippen molar-refractivity contribution >= 4 is 21.4 Å². The third-order valence-electron chi connectivity index (χ3n) is 5.81. The van der Waals surface area contributed by atoms with E-state index in [1.807, 2.05) is 0 Å². The van der Waals surface area contributed by atoms with Gasteiger partial charge in [0.25, 0.3) is 0 Å². The standard InChI is InChI=1S/C16H21FN2O2S/c1-22(20,21)19-12-3-2-11-13(14(12)17)16(10-18-11)8-6-15(4-5-15)7-9-16/h2-3,18-19H,4-10H2,1H3. The number of fused-ring (bicyclic) bond motifs is 2. The van der Waals surface area contributed by atoms with E-state index < -0.39 is 15.8 Å². The van der Waals surface area contributed by atoms with E-state index in [9.17, 15) is 12.8 Å². The van der Waals surface area contributed by atoms with E-state index >= 15 is 0 Å². The minimum absolute atomic E-state index is 0.0658. The Morgan fingerprint density at radius 2 is 1.77 bits per heavy atom. The zero-order chi connectivity index (χ0) is 15.6. The second kappa shape index (κ2) is 4.37. The molecule has 4 rings (SSSR count). The van der Waals surface area contributed by atoms with E-state index in [0.29, 0.717) is 11.0 Å². The van der Waals surface area contributed by atoms with Crippen molar-refractivity contribution in [2.75, 3.05) is 22.8 Å². The Balaban J connectivity index is 1.72. The van der Waals surface area contributed by atoms with Crippen LogP contribution in [0.25, 0.3) is 0 Å². The lowest BCUT2D eigenvalue weighted by molar-refractivity contribution is 0.227. The van der Waals surface area contributed by atoms with Crippen molar-refractivity contribution in [2.24, 2.45) is 5.41 Å². The SMILES string of the molecule is CS(=O)(=O)Nc1ccc2c(c1F)C1(CCC3(CC3)CC1)CN2. The number of nitrogens with one attached hydrogen (secondary N) is 2. The van der Waals surface area contributed by atoms with Gasteiger partial charge in [0.2, 0.25) is 10.0 Å². The number of benzene rings is 1. The molecule has 0 unspecified atom stereocenters. The molecule has 6 heteroatoms. The Labute approximate surface area is 130 Å². The van der Waals surface area contributed by atoms with Gasteiger partial charge in [-0.1, -0.05) is 0 Å². The summed E-state index contributed by atoms with van der Waals surface area (Å²) in [6, 6.07) is 3.30. The fourth-order valence-electron chi connectivity index (χ4n) is 4.24. The van der Waals surface area contributed by atoms with Crippen molar-refractivity contribution in [3.05, 3.63) is 23.5 Å². The minimum atomic E-state index is -3.48. The molecule has 1 heterocycles. The maximum atomic E-state index is 15.0. The van der Waals surface area contributed by atoms with Crippen molar-refractivity contribution in [1.29, 1.82) is 0 Å². The number of rotatable bonds is 2. The van der Waals surface area contributed by atoms with E-state index in [2.05, 4.69) is 10.0 Å². The van der Waals surface area contributed by atoms with Gasteiger partial charge >= 0.3 is 0 Å². The van der Waals surface area contributed by atoms with Crippen LogP contribution in [0.5, 0.6) is 0 Å². The van der Waals surface area contributed by atoms with Crippen LogP contribution in [-0.2, 0) is 15.4 Å². The van der Waals surface area contributed by atoms with E-state index in [1.165, 1.54) is 18.9 Å². The van der Waals surface area contributed by atoms with E-state index in [1.54, 1.807) is 6.07 Å². The Hall–Kier alpha value is -1.30. The van der Waals surface area contributed by atoms with E-state index in [4.69, 9.17) is 0 Å². The first kappa shape index (κ1) is 14.3. The predicted molar refractivity (Wildman–Crippen MR) is 85.2 cm³/mol. The summed E-state index contributed by atoms with van der Waals surface area (Å²) < 4.78 is 40.1. The summed E-state index contributed by atoms with van der Waals surface area (Å²) in [5, 5.41) is 3.32. The zero-order valence-corrected chi connectivity index (χ0v) is 13.5. The number of hydrogen-bond acceptors (Lipinski definition) is 3. The Kier molecular flexibility index (Phi) is 2.84. The van der Waals surface area contributed by atoms with Gasteiger partial charge in [-0.05, 0) is 56.1 Å². The van der Waals surface area contributed by atoms with Crippen LogP contribution < -0.4 is 10.0 Å². The molecule has 1 aliphatic heterocycles. The van der Waals surface area contributed by atoms with Crippen LogP contribution in [-0.4, -0.2) is 21.2 Å². The Morgan fingerprint density at radius 3 is 2.36 bits per heavy atom. The Morgan fingerprint density at radius 1 is 1.14 bits per heavy atom. The highest BCUT2D eigenvalue weighted by molar-refractivity contribution is 7.92. The summed E-state index contributed by atoms with van der Waals surface area (Å²) in [7, 11) is -3.48. The molecule has 2 aliphatic carbocycles. The minimum Gasteiger partial charge on any atom is -0.384 e. The maximum absolute atomic E-state index is 15.0. The smallest absolute Gasteiger partial charge is 0.229 e. The molecule has 1 aromatic carbocycles. The van der Waals surface area contributed by atoms with Crippen molar-refractivity contribution in [1.82, 2.24) is 0 Å². The molecule has 0 radical (unpaired) electrons. The van der Waals surface area contributed by atoms with Gasteiger partial charge in [-0.2, -0.15) is 0 Å². The van der Waals surface area contributed by atoms with E-state index in [-0.39, 0.29) is 11.1 Å². The summed E-state index contributed by atoms with van der Waals surface area (Å²) in [4.78, 5) is 0. The van der Waals surface area contributed by atoms with Crippen LogP contribution >= 0.6 is 0 Å². The van der Waals surface area contributed by atoms with Crippen LogP contribution in [0.1, 0.15) is 44.1 Å². The fraction of sp³-hybridized carbons (Fsp3) is 0.625. The normalized spacial score (nSPS) is 24.1. The van der Waals surface area contributed by atoms with E-state index in [0.717, 1.165) is 44.2 Å². The summed E-state index contributed by atoms with van der Waals surface area (Å²) in [6.07, 6.45) is 8.00. The molecule has 3 aliphatic rings. The average molecular weight is 324 g/mol. The second-order valence-electron chi connectivity index (χ2n) is 7.36. The molecule has 0 bridgehead atoms. The lowest BCUT2D eigenvalue weighted by atomic mass is 9.66. The van der Waals surface area contributed by atoms with Crippen LogP contribution in [0.2, 0.25) is 0 Å². The molecule has 1 aromatic rings. The summed E-state index contributed by atoms with van der Waals surface area (Å²) >= 11 is 0. The first-order valence-corrected chi connectivity index (χ1v) is 9.77. The van der Waals surface area contributed by atoms with Crippen LogP contribution in [0.3, 0.4) is 0 Å². The fourth-order valence-corrected chi connectivity index (χ4v) is 4.79. The number of halogens is 1. The number of anilines is 2. The highest BCUT2D eigenvalue weighted by atomic mass is 32.2. The van der Waals surface area contributed by atoms with Crippen LogP contribution in [0, 0.1) is 11.2 Å².